The summed E-state index contributed by atoms with van der Waals surface area (Å²) in [4.78, 5) is 0. The van der Waals surface area contributed by atoms with Crippen molar-refractivity contribution < 1.29 is 8.42 Å². The predicted molar refractivity (Wildman–Crippen MR) is 82.4 cm³/mol. The van der Waals surface area contributed by atoms with Crippen LogP contribution in [0.3, 0.4) is 0 Å². The second-order valence-electron chi connectivity index (χ2n) is 6.05. The van der Waals surface area contributed by atoms with E-state index in [4.69, 9.17) is 0 Å². The molecule has 1 aliphatic carbocycles. The molecule has 1 heterocycles. The molecular formula is C14H26N4O2S. The Bertz CT molecular complexity index is 568. The largest absolute Gasteiger partial charge is 0.313 e. The van der Waals surface area contributed by atoms with Gasteiger partial charge in [-0.05, 0) is 38.1 Å². The number of rotatable bonds is 7. The van der Waals surface area contributed by atoms with E-state index < -0.39 is 10.0 Å². The van der Waals surface area contributed by atoms with Crippen LogP contribution in [0.4, 0.5) is 0 Å². The van der Waals surface area contributed by atoms with Crippen molar-refractivity contribution in [1.82, 2.24) is 20.2 Å². The molecule has 1 aromatic heterocycles. The smallest absolute Gasteiger partial charge is 0.260 e. The molecule has 0 aliphatic heterocycles. The van der Waals surface area contributed by atoms with Crippen LogP contribution in [-0.4, -0.2) is 31.7 Å². The Balaban J connectivity index is 2.05. The Morgan fingerprint density at radius 2 is 2.14 bits per heavy atom. The first-order valence-corrected chi connectivity index (χ1v) is 9.16. The molecule has 1 saturated carbocycles. The molecule has 0 saturated heterocycles. The number of sulfonamides is 1. The van der Waals surface area contributed by atoms with E-state index in [-0.39, 0.29) is 5.03 Å². The van der Waals surface area contributed by atoms with Crippen LogP contribution >= 0.6 is 0 Å². The van der Waals surface area contributed by atoms with Crippen LogP contribution in [0.15, 0.2) is 5.03 Å². The van der Waals surface area contributed by atoms with Gasteiger partial charge in [-0.3, -0.25) is 5.10 Å². The summed E-state index contributed by atoms with van der Waals surface area (Å²) in [6.45, 7) is 7.87. The fourth-order valence-electron chi connectivity index (χ4n) is 2.92. The van der Waals surface area contributed by atoms with Gasteiger partial charge in [0, 0.05) is 24.3 Å². The fourth-order valence-corrected chi connectivity index (χ4v) is 4.22. The summed E-state index contributed by atoms with van der Waals surface area (Å²) in [7, 11) is -3.54. The zero-order valence-corrected chi connectivity index (χ0v) is 13.9. The van der Waals surface area contributed by atoms with Crippen molar-refractivity contribution in [3.8, 4) is 0 Å². The van der Waals surface area contributed by atoms with Gasteiger partial charge in [-0.1, -0.05) is 20.3 Å². The average molecular weight is 314 g/mol. The van der Waals surface area contributed by atoms with Crippen LogP contribution in [0.5, 0.6) is 0 Å². The fraction of sp³-hybridized carbons (Fsp3) is 0.786. The number of hydrogen-bond donors (Lipinski definition) is 3. The molecule has 1 fully saturated rings. The van der Waals surface area contributed by atoms with Crippen LogP contribution in [0.1, 0.15) is 44.4 Å². The standard InChI is InChI=1S/C14H26N4O2S/c1-4-15-9-13-11(3)17-18-14(13)21(19,20)16-8-12-6-5-10(2)7-12/h10,12,15-16H,4-9H2,1-3H3,(H,17,18). The number of hydrogen-bond acceptors (Lipinski definition) is 4. The normalized spacial score (nSPS) is 22.8. The van der Waals surface area contributed by atoms with Gasteiger partial charge in [0.1, 0.15) is 0 Å². The summed E-state index contributed by atoms with van der Waals surface area (Å²) in [6, 6.07) is 0. The predicted octanol–water partition coefficient (Wildman–Crippen LogP) is 1.54. The summed E-state index contributed by atoms with van der Waals surface area (Å²) >= 11 is 0. The summed E-state index contributed by atoms with van der Waals surface area (Å²) in [6.07, 6.45) is 3.40. The van der Waals surface area contributed by atoms with E-state index in [1.807, 2.05) is 13.8 Å². The Kier molecular flexibility index (Phi) is 5.40. The number of H-pyrrole nitrogens is 1. The van der Waals surface area contributed by atoms with E-state index >= 15 is 0 Å². The lowest BCUT2D eigenvalue weighted by Gasteiger charge is -2.11. The lowest BCUT2D eigenvalue weighted by atomic mass is 10.1. The third-order valence-electron chi connectivity index (χ3n) is 4.21. The summed E-state index contributed by atoms with van der Waals surface area (Å²) in [5.41, 5.74) is 1.52. The molecule has 21 heavy (non-hydrogen) atoms. The van der Waals surface area contributed by atoms with Crippen molar-refractivity contribution in [2.75, 3.05) is 13.1 Å². The van der Waals surface area contributed by atoms with Crippen molar-refractivity contribution in [2.24, 2.45) is 11.8 Å². The second-order valence-corrected chi connectivity index (χ2v) is 7.73. The molecule has 1 aliphatic rings. The highest BCUT2D eigenvalue weighted by Crippen LogP contribution is 2.30. The number of nitrogens with one attached hydrogen (secondary N) is 3. The Hall–Kier alpha value is -0.920. The van der Waals surface area contributed by atoms with Gasteiger partial charge < -0.3 is 5.32 Å². The minimum atomic E-state index is -3.54. The van der Waals surface area contributed by atoms with Gasteiger partial charge in [0.25, 0.3) is 10.0 Å². The molecule has 120 valence electrons. The molecule has 0 bridgehead atoms. The van der Waals surface area contributed by atoms with E-state index in [9.17, 15) is 8.42 Å². The molecule has 2 rings (SSSR count). The topological polar surface area (TPSA) is 86.9 Å². The SMILES string of the molecule is CCNCc1c(S(=O)(=O)NCC2CCC(C)C2)n[nH]c1C. The van der Waals surface area contributed by atoms with Crippen molar-refractivity contribution in [2.45, 2.75) is 51.6 Å². The van der Waals surface area contributed by atoms with E-state index in [2.05, 4.69) is 27.2 Å². The summed E-state index contributed by atoms with van der Waals surface area (Å²) < 4.78 is 27.6. The van der Waals surface area contributed by atoms with E-state index in [0.29, 0.717) is 24.9 Å². The summed E-state index contributed by atoms with van der Waals surface area (Å²) in [5, 5.41) is 10.0. The Morgan fingerprint density at radius 3 is 2.76 bits per heavy atom. The van der Waals surface area contributed by atoms with Gasteiger partial charge >= 0.3 is 0 Å². The highest BCUT2D eigenvalue weighted by molar-refractivity contribution is 7.89. The maximum atomic E-state index is 12.4. The molecule has 1 aromatic rings. The minimum Gasteiger partial charge on any atom is -0.313 e. The van der Waals surface area contributed by atoms with Crippen molar-refractivity contribution in [1.29, 1.82) is 0 Å². The molecule has 2 atom stereocenters. The maximum Gasteiger partial charge on any atom is 0.260 e. The molecule has 7 heteroatoms. The highest BCUT2D eigenvalue weighted by Gasteiger charge is 2.27. The van der Waals surface area contributed by atoms with Crippen LogP contribution in [0.25, 0.3) is 0 Å². The Morgan fingerprint density at radius 1 is 1.38 bits per heavy atom. The van der Waals surface area contributed by atoms with Crippen LogP contribution < -0.4 is 10.0 Å². The van der Waals surface area contributed by atoms with Crippen molar-refractivity contribution in [3.63, 3.8) is 0 Å². The second kappa shape index (κ2) is 6.89. The first-order valence-electron chi connectivity index (χ1n) is 7.68. The molecular weight excluding hydrogens is 288 g/mol. The number of aromatic nitrogens is 2. The third-order valence-corrected chi connectivity index (χ3v) is 5.60. The van der Waals surface area contributed by atoms with Gasteiger partial charge in [-0.25, -0.2) is 13.1 Å². The van der Waals surface area contributed by atoms with Gasteiger partial charge in [0.2, 0.25) is 0 Å². The van der Waals surface area contributed by atoms with Gasteiger partial charge in [0.15, 0.2) is 5.03 Å². The molecule has 0 spiro atoms. The number of nitrogens with zero attached hydrogens (tertiary/aromatic N) is 1. The lowest BCUT2D eigenvalue weighted by molar-refractivity contribution is 0.497. The molecule has 0 amide bonds. The van der Waals surface area contributed by atoms with Crippen LogP contribution in [0.2, 0.25) is 0 Å². The van der Waals surface area contributed by atoms with Gasteiger partial charge in [-0.2, -0.15) is 5.10 Å². The lowest BCUT2D eigenvalue weighted by Crippen LogP contribution is -2.30. The van der Waals surface area contributed by atoms with E-state index in [1.54, 1.807) is 0 Å². The summed E-state index contributed by atoms with van der Waals surface area (Å²) in [5.74, 6) is 1.16. The zero-order valence-electron chi connectivity index (χ0n) is 13.1. The first-order chi connectivity index (χ1) is 9.94. The number of aryl methyl sites for hydroxylation is 1. The first kappa shape index (κ1) is 16.5. The van der Waals surface area contributed by atoms with Crippen LogP contribution in [-0.2, 0) is 16.6 Å². The maximum absolute atomic E-state index is 12.4. The highest BCUT2D eigenvalue weighted by atomic mass is 32.2. The Labute approximate surface area is 127 Å². The van der Waals surface area contributed by atoms with Gasteiger partial charge in [-0.15, -0.1) is 0 Å². The minimum absolute atomic E-state index is 0.131. The van der Waals surface area contributed by atoms with Gasteiger partial charge in [0.05, 0.1) is 0 Å². The molecule has 3 N–H and O–H groups in total. The monoisotopic (exact) mass is 314 g/mol. The quantitative estimate of drug-likeness (QED) is 0.712. The van der Waals surface area contributed by atoms with E-state index in [1.165, 1.54) is 6.42 Å². The van der Waals surface area contributed by atoms with E-state index in [0.717, 1.165) is 30.6 Å². The molecule has 0 radical (unpaired) electrons. The molecule has 0 aromatic carbocycles. The van der Waals surface area contributed by atoms with Crippen molar-refractivity contribution in [3.05, 3.63) is 11.3 Å². The number of aromatic amines is 1. The molecule has 2 unspecified atom stereocenters. The third kappa shape index (κ3) is 4.05. The van der Waals surface area contributed by atoms with Crippen molar-refractivity contribution >= 4 is 10.0 Å². The average Bonchev–Trinajstić information content (AvgIpc) is 3.01. The molecule has 6 nitrogen and oxygen atoms in total. The zero-order chi connectivity index (χ0) is 15.5. The van der Waals surface area contributed by atoms with Crippen LogP contribution in [0, 0.1) is 18.8 Å².